The molecule has 21 heavy (non-hydrogen) atoms. The predicted octanol–water partition coefficient (Wildman–Crippen LogP) is 3.46. The number of hydrogen-bond donors (Lipinski definition) is 1. The fraction of sp³-hybridized carbons (Fsp3) is 0.529. The molecule has 1 aromatic rings. The van der Waals surface area contributed by atoms with Gasteiger partial charge in [-0.3, -0.25) is 9.59 Å². The van der Waals surface area contributed by atoms with Gasteiger partial charge in [0.05, 0.1) is 6.10 Å². The van der Waals surface area contributed by atoms with E-state index in [1.54, 1.807) is 20.9 Å². The van der Waals surface area contributed by atoms with Crippen molar-refractivity contribution in [2.45, 2.75) is 53.7 Å². The van der Waals surface area contributed by atoms with E-state index in [1.807, 2.05) is 58.0 Å². The van der Waals surface area contributed by atoms with Crippen molar-refractivity contribution in [1.29, 1.82) is 0 Å². The molecule has 0 fully saturated rings. The van der Waals surface area contributed by atoms with Gasteiger partial charge in [0.2, 0.25) is 0 Å². The fourth-order valence-corrected chi connectivity index (χ4v) is 1.13. The SMILES string of the molecule is CC.CC(=O)c1ccccc1.CNC(C)C(=O)OC(C)C. The normalized spacial score (nSPS) is 10.5. The topological polar surface area (TPSA) is 55.4 Å². The standard InChI is InChI=1S/C8H8O.C7H15NO2.C2H6/c1-7(9)8-5-3-2-4-6-8;1-5(2)10-7(9)6(3)8-4;1-2/h2-6H,1H3;5-6,8H,1-4H3;1-2H3. The molecule has 120 valence electrons. The number of carbonyl (C=O) groups excluding carboxylic acids is 2. The highest BCUT2D eigenvalue weighted by Gasteiger charge is 2.12. The molecule has 0 saturated carbocycles. The predicted molar refractivity (Wildman–Crippen MR) is 87.5 cm³/mol. The van der Waals surface area contributed by atoms with Crippen molar-refractivity contribution in [3.8, 4) is 0 Å². The molecule has 0 bridgehead atoms. The van der Waals surface area contributed by atoms with Crippen LogP contribution in [0.2, 0.25) is 0 Å². The molecule has 0 aromatic heterocycles. The molecule has 4 heteroatoms. The Hall–Kier alpha value is -1.68. The summed E-state index contributed by atoms with van der Waals surface area (Å²) in [5, 5.41) is 2.80. The summed E-state index contributed by atoms with van der Waals surface area (Å²) in [7, 11) is 1.73. The first-order valence-corrected chi connectivity index (χ1v) is 7.32. The van der Waals surface area contributed by atoms with E-state index in [9.17, 15) is 9.59 Å². The molecule has 1 atom stereocenters. The minimum Gasteiger partial charge on any atom is -0.462 e. The van der Waals surface area contributed by atoms with Gasteiger partial charge < -0.3 is 10.1 Å². The summed E-state index contributed by atoms with van der Waals surface area (Å²) in [6.45, 7) is 11.0. The van der Waals surface area contributed by atoms with Crippen LogP contribution in [0.3, 0.4) is 0 Å². The molecular weight excluding hydrogens is 266 g/mol. The van der Waals surface area contributed by atoms with E-state index in [4.69, 9.17) is 4.74 Å². The molecule has 1 rings (SSSR count). The number of ether oxygens (including phenoxy) is 1. The highest BCUT2D eigenvalue weighted by molar-refractivity contribution is 5.93. The zero-order chi connectivity index (χ0) is 16.8. The van der Waals surface area contributed by atoms with Crippen molar-refractivity contribution >= 4 is 11.8 Å². The molecule has 4 nitrogen and oxygen atoms in total. The quantitative estimate of drug-likeness (QED) is 0.682. The van der Waals surface area contributed by atoms with Crippen LogP contribution < -0.4 is 5.32 Å². The third kappa shape index (κ3) is 11.8. The van der Waals surface area contributed by atoms with Gasteiger partial charge in [-0.05, 0) is 34.7 Å². The number of Topliss-reactive ketones (excluding diaryl/α,β-unsaturated/α-hetero) is 1. The van der Waals surface area contributed by atoms with Crippen LogP contribution in [0, 0.1) is 0 Å². The molecule has 0 aliphatic rings. The number of esters is 1. The van der Waals surface area contributed by atoms with E-state index in [0.29, 0.717) is 0 Å². The molecule has 1 unspecified atom stereocenters. The minimum atomic E-state index is -0.206. The lowest BCUT2D eigenvalue weighted by Crippen LogP contribution is -2.33. The Morgan fingerprint density at radius 3 is 1.81 bits per heavy atom. The Labute approximate surface area is 128 Å². The van der Waals surface area contributed by atoms with Crippen molar-refractivity contribution in [3.63, 3.8) is 0 Å². The zero-order valence-corrected chi connectivity index (χ0v) is 14.3. The summed E-state index contributed by atoms with van der Waals surface area (Å²) in [6.07, 6.45) is -0.0247. The monoisotopic (exact) mass is 295 g/mol. The van der Waals surface area contributed by atoms with Crippen molar-refractivity contribution in [3.05, 3.63) is 35.9 Å². The van der Waals surface area contributed by atoms with Crippen molar-refractivity contribution in [2.75, 3.05) is 7.05 Å². The van der Waals surface area contributed by atoms with Crippen molar-refractivity contribution < 1.29 is 14.3 Å². The maximum Gasteiger partial charge on any atom is 0.323 e. The Bertz CT molecular complexity index is 388. The van der Waals surface area contributed by atoms with Crippen molar-refractivity contribution in [2.24, 2.45) is 0 Å². The van der Waals surface area contributed by atoms with E-state index in [0.717, 1.165) is 5.56 Å². The van der Waals surface area contributed by atoms with Crippen LogP contribution in [-0.2, 0) is 9.53 Å². The molecule has 1 N–H and O–H groups in total. The second-order valence-corrected chi connectivity index (χ2v) is 4.42. The van der Waals surface area contributed by atoms with Crippen LogP contribution in [0.4, 0.5) is 0 Å². The second-order valence-electron chi connectivity index (χ2n) is 4.42. The van der Waals surface area contributed by atoms with Crippen LogP contribution in [0.5, 0.6) is 0 Å². The average molecular weight is 295 g/mol. The molecule has 0 aliphatic heterocycles. The summed E-state index contributed by atoms with van der Waals surface area (Å²) >= 11 is 0. The van der Waals surface area contributed by atoms with E-state index >= 15 is 0 Å². The van der Waals surface area contributed by atoms with Gasteiger partial charge in [0, 0.05) is 5.56 Å². The van der Waals surface area contributed by atoms with Crippen LogP contribution in [0.15, 0.2) is 30.3 Å². The number of ketones is 1. The molecule has 0 aliphatic carbocycles. The second kappa shape index (κ2) is 13.3. The number of nitrogens with one attached hydrogen (secondary N) is 1. The first kappa shape index (κ1) is 21.6. The molecule has 0 radical (unpaired) electrons. The maximum atomic E-state index is 10.9. The maximum absolute atomic E-state index is 10.9. The van der Waals surface area contributed by atoms with Crippen molar-refractivity contribution in [1.82, 2.24) is 5.32 Å². The smallest absolute Gasteiger partial charge is 0.323 e. The van der Waals surface area contributed by atoms with E-state index in [1.165, 1.54) is 0 Å². The number of rotatable bonds is 4. The van der Waals surface area contributed by atoms with Gasteiger partial charge in [-0.1, -0.05) is 44.2 Å². The molecule has 0 amide bonds. The van der Waals surface area contributed by atoms with E-state index in [-0.39, 0.29) is 23.9 Å². The lowest BCUT2D eigenvalue weighted by Gasteiger charge is -2.12. The van der Waals surface area contributed by atoms with Gasteiger partial charge in [-0.15, -0.1) is 0 Å². The zero-order valence-electron chi connectivity index (χ0n) is 14.3. The number of likely N-dealkylation sites (N-methyl/N-ethyl adjacent to an activating group) is 1. The summed E-state index contributed by atoms with van der Waals surface area (Å²) in [6, 6.07) is 9.02. The van der Waals surface area contributed by atoms with E-state index in [2.05, 4.69) is 5.32 Å². The van der Waals surface area contributed by atoms with Crippen LogP contribution in [-0.4, -0.2) is 30.9 Å². The fourth-order valence-electron chi connectivity index (χ4n) is 1.13. The summed E-state index contributed by atoms with van der Waals surface area (Å²) in [5.74, 6) is -0.0758. The van der Waals surface area contributed by atoms with Crippen LogP contribution in [0.1, 0.15) is 51.9 Å². The number of benzene rings is 1. The molecule has 0 spiro atoms. The van der Waals surface area contributed by atoms with E-state index < -0.39 is 0 Å². The van der Waals surface area contributed by atoms with Crippen LogP contribution >= 0.6 is 0 Å². The third-order valence-electron chi connectivity index (χ3n) is 2.32. The first-order valence-electron chi connectivity index (χ1n) is 7.32. The van der Waals surface area contributed by atoms with Gasteiger partial charge in [-0.2, -0.15) is 0 Å². The highest BCUT2D eigenvalue weighted by atomic mass is 16.5. The molecule has 1 aromatic carbocycles. The number of carbonyl (C=O) groups is 2. The van der Waals surface area contributed by atoms with Gasteiger partial charge in [-0.25, -0.2) is 0 Å². The third-order valence-corrected chi connectivity index (χ3v) is 2.32. The lowest BCUT2D eigenvalue weighted by atomic mass is 10.2. The Balaban J connectivity index is 0. The average Bonchev–Trinajstić information content (AvgIpc) is 2.49. The summed E-state index contributed by atoms with van der Waals surface area (Å²) in [5.41, 5.74) is 0.775. The molecule has 0 heterocycles. The molecular formula is C17H29NO3. The largest absolute Gasteiger partial charge is 0.462 e. The first-order chi connectivity index (χ1) is 9.88. The Morgan fingerprint density at radius 2 is 1.52 bits per heavy atom. The van der Waals surface area contributed by atoms with Gasteiger partial charge >= 0.3 is 5.97 Å². The van der Waals surface area contributed by atoms with Gasteiger partial charge in [0.25, 0.3) is 0 Å². The Kier molecular flexibility index (Phi) is 13.7. The van der Waals surface area contributed by atoms with Gasteiger partial charge in [0.1, 0.15) is 6.04 Å². The molecule has 0 saturated heterocycles. The Morgan fingerprint density at radius 1 is 1.05 bits per heavy atom. The highest BCUT2D eigenvalue weighted by Crippen LogP contribution is 1.97. The minimum absolute atomic E-state index is 0.0247. The summed E-state index contributed by atoms with van der Waals surface area (Å²) < 4.78 is 4.90. The summed E-state index contributed by atoms with van der Waals surface area (Å²) in [4.78, 5) is 21.5. The van der Waals surface area contributed by atoms with Gasteiger partial charge in [0.15, 0.2) is 5.78 Å². The van der Waals surface area contributed by atoms with Crippen LogP contribution in [0.25, 0.3) is 0 Å². The number of hydrogen-bond acceptors (Lipinski definition) is 4. The lowest BCUT2D eigenvalue weighted by molar-refractivity contribution is -0.149.